The second-order valence-corrected chi connectivity index (χ2v) is 5.11. The van der Waals surface area contributed by atoms with Crippen LogP contribution in [0, 0.1) is 0 Å². The summed E-state index contributed by atoms with van der Waals surface area (Å²) < 4.78 is 0. The molecule has 108 valence electrons. The average molecular weight is 280 g/mol. The Kier molecular flexibility index (Phi) is 5.33. The smallest absolute Gasteiger partial charge is 0.335 e. The number of hydrogen-bond donors (Lipinski definition) is 1. The third-order valence-corrected chi connectivity index (χ3v) is 3.54. The van der Waals surface area contributed by atoms with Gasteiger partial charge in [0.1, 0.15) is 0 Å². The number of allylic oxidation sites excluding steroid dienone is 1. The molecule has 0 spiro atoms. The second-order valence-electron chi connectivity index (χ2n) is 5.11. The van der Waals surface area contributed by atoms with Crippen LogP contribution in [0.15, 0.2) is 61.2 Å². The number of rotatable bonds is 7. The highest BCUT2D eigenvalue weighted by atomic mass is 16.4. The number of carboxylic acids is 1. The molecule has 0 radical (unpaired) electrons. The van der Waals surface area contributed by atoms with E-state index in [1.807, 2.05) is 18.2 Å². The minimum absolute atomic E-state index is 0.317. The normalized spacial score (nSPS) is 10.3. The molecule has 2 aromatic carbocycles. The van der Waals surface area contributed by atoms with Crippen LogP contribution in [0.3, 0.4) is 0 Å². The van der Waals surface area contributed by atoms with Crippen molar-refractivity contribution < 1.29 is 9.90 Å². The molecule has 2 aromatic rings. The quantitative estimate of drug-likeness (QED) is 0.575. The van der Waals surface area contributed by atoms with Crippen LogP contribution in [0.2, 0.25) is 0 Å². The molecule has 1 N–H and O–H groups in total. The average Bonchev–Trinajstić information content (AvgIpc) is 2.52. The van der Waals surface area contributed by atoms with Crippen LogP contribution in [0.25, 0.3) is 11.1 Å². The number of aryl methyl sites for hydroxylation is 1. The van der Waals surface area contributed by atoms with E-state index in [9.17, 15) is 4.79 Å². The van der Waals surface area contributed by atoms with Crippen molar-refractivity contribution in [3.05, 3.63) is 72.3 Å². The van der Waals surface area contributed by atoms with Gasteiger partial charge in [0.2, 0.25) is 0 Å². The summed E-state index contributed by atoms with van der Waals surface area (Å²) in [4.78, 5) is 10.8. The second kappa shape index (κ2) is 7.44. The van der Waals surface area contributed by atoms with Crippen molar-refractivity contribution in [2.75, 3.05) is 0 Å². The molecular weight excluding hydrogens is 260 g/mol. The third-order valence-electron chi connectivity index (χ3n) is 3.54. The lowest BCUT2D eigenvalue weighted by molar-refractivity contribution is 0.0697. The fourth-order valence-corrected chi connectivity index (χ4v) is 2.29. The van der Waals surface area contributed by atoms with Gasteiger partial charge in [0.25, 0.3) is 0 Å². The van der Waals surface area contributed by atoms with Crippen molar-refractivity contribution >= 4 is 5.97 Å². The first-order valence-electron chi connectivity index (χ1n) is 7.24. The van der Waals surface area contributed by atoms with Crippen LogP contribution in [0.4, 0.5) is 0 Å². The van der Waals surface area contributed by atoms with Gasteiger partial charge in [-0.05, 0) is 54.5 Å². The van der Waals surface area contributed by atoms with Crippen LogP contribution in [-0.2, 0) is 6.42 Å². The Bertz CT molecular complexity index is 594. The van der Waals surface area contributed by atoms with E-state index >= 15 is 0 Å². The Balaban J connectivity index is 2.01. The number of benzene rings is 2. The summed E-state index contributed by atoms with van der Waals surface area (Å²) in [5, 5.41) is 8.90. The molecule has 0 unspecified atom stereocenters. The maximum Gasteiger partial charge on any atom is 0.335 e. The van der Waals surface area contributed by atoms with Crippen LogP contribution < -0.4 is 0 Å². The van der Waals surface area contributed by atoms with Crippen molar-refractivity contribution in [1.29, 1.82) is 0 Å². The van der Waals surface area contributed by atoms with Crippen LogP contribution in [0.5, 0.6) is 0 Å². The highest BCUT2D eigenvalue weighted by molar-refractivity contribution is 5.88. The van der Waals surface area contributed by atoms with Crippen molar-refractivity contribution in [3.8, 4) is 11.1 Å². The van der Waals surface area contributed by atoms with Gasteiger partial charge in [0.15, 0.2) is 0 Å². The van der Waals surface area contributed by atoms with E-state index in [2.05, 4.69) is 30.8 Å². The molecule has 0 aliphatic heterocycles. The van der Waals surface area contributed by atoms with Crippen molar-refractivity contribution in [2.45, 2.75) is 25.7 Å². The molecule has 2 nitrogen and oxygen atoms in total. The predicted octanol–water partition coefficient (Wildman–Crippen LogP) is 4.95. The highest BCUT2D eigenvalue weighted by Gasteiger charge is 2.03. The first-order valence-corrected chi connectivity index (χ1v) is 7.24. The molecule has 0 saturated heterocycles. The summed E-state index contributed by atoms with van der Waals surface area (Å²) in [5.41, 5.74) is 3.81. The van der Waals surface area contributed by atoms with E-state index in [0.717, 1.165) is 24.0 Å². The van der Waals surface area contributed by atoms with Crippen LogP contribution in [0.1, 0.15) is 35.2 Å². The molecule has 0 heterocycles. The molecule has 21 heavy (non-hydrogen) atoms. The Morgan fingerprint density at radius 2 is 1.52 bits per heavy atom. The maximum absolute atomic E-state index is 10.8. The van der Waals surface area contributed by atoms with Crippen LogP contribution in [-0.4, -0.2) is 11.1 Å². The molecule has 0 bridgehead atoms. The Morgan fingerprint density at radius 1 is 0.952 bits per heavy atom. The number of carbonyl (C=O) groups is 1. The van der Waals surface area contributed by atoms with E-state index in [1.54, 1.807) is 12.1 Å². The fraction of sp³-hybridized carbons (Fsp3) is 0.211. The summed E-state index contributed by atoms with van der Waals surface area (Å²) in [6.07, 6.45) is 6.49. The molecule has 2 heteroatoms. The van der Waals surface area contributed by atoms with Crippen LogP contribution >= 0.6 is 0 Å². The van der Waals surface area contributed by atoms with Gasteiger partial charge in [-0.15, -0.1) is 6.58 Å². The largest absolute Gasteiger partial charge is 0.478 e. The van der Waals surface area contributed by atoms with Crippen molar-refractivity contribution in [1.82, 2.24) is 0 Å². The number of aromatic carboxylic acids is 1. The van der Waals surface area contributed by atoms with Crippen molar-refractivity contribution in [2.24, 2.45) is 0 Å². The maximum atomic E-state index is 10.8. The van der Waals surface area contributed by atoms with E-state index in [4.69, 9.17) is 5.11 Å². The third kappa shape index (κ3) is 4.32. The van der Waals surface area contributed by atoms with Gasteiger partial charge in [-0.25, -0.2) is 4.79 Å². The lowest BCUT2D eigenvalue weighted by atomic mass is 10.0. The number of carboxylic acid groups (broad SMARTS) is 1. The Labute approximate surface area is 125 Å². The minimum Gasteiger partial charge on any atom is -0.478 e. The molecule has 0 fully saturated rings. The summed E-state index contributed by atoms with van der Waals surface area (Å²) in [6.45, 7) is 3.73. The van der Waals surface area contributed by atoms with E-state index < -0.39 is 5.97 Å². The summed E-state index contributed by atoms with van der Waals surface area (Å²) in [7, 11) is 0. The lowest BCUT2D eigenvalue weighted by Gasteiger charge is -2.05. The zero-order chi connectivity index (χ0) is 15.1. The highest BCUT2D eigenvalue weighted by Crippen LogP contribution is 2.21. The van der Waals surface area contributed by atoms with Crippen molar-refractivity contribution in [3.63, 3.8) is 0 Å². The Morgan fingerprint density at radius 3 is 2.05 bits per heavy atom. The predicted molar refractivity (Wildman–Crippen MR) is 86.6 cm³/mol. The first kappa shape index (κ1) is 15.0. The zero-order valence-corrected chi connectivity index (χ0v) is 12.1. The first-order chi connectivity index (χ1) is 10.2. The summed E-state index contributed by atoms with van der Waals surface area (Å²) in [6, 6.07) is 15.5. The SMILES string of the molecule is C=CCCCCc1ccc(-c2ccc(C(=O)O)cc2)cc1. The molecule has 0 aliphatic rings. The molecule has 0 aromatic heterocycles. The topological polar surface area (TPSA) is 37.3 Å². The van der Waals surface area contributed by atoms with Gasteiger partial charge in [0, 0.05) is 0 Å². The molecule has 0 aliphatic carbocycles. The standard InChI is InChI=1S/C19H20O2/c1-2-3-4-5-6-15-7-9-16(10-8-15)17-11-13-18(14-12-17)19(20)21/h2,7-14H,1,3-6H2,(H,20,21). The fourth-order valence-electron chi connectivity index (χ4n) is 2.29. The minimum atomic E-state index is -0.892. The van der Waals surface area contributed by atoms with Gasteiger partial charge in [-0.1, -0.05) is 42.5 Å². The summed E-state index contributed by atoms with van der Waals surface area (Å²) >= 11 is 0. The molecule has 0 saturated carbocycles. The van der Waals surface area contributed by atoms with Gasteiger partial charge in [0.05, 0.1) is 5.56 Å². The number of hydrogen-bond acceptors (Lipinski definition) is 1. The van der Waals surface area contributed by atoms with Gasteiger partial charge in [-0.2, -0.15) is 0 Å². The molecule has 0 amide bonds. The Hall–Kier alpha value is -2.35. The van der Waals surface area contributed by atoms with Gasteiger partial charge < -0.3 is 5.11 Å². The van der Waals surface area contributed by atoms with E-state index in [-0.39, 0.29) is 0 Å². The van der Waals surface area contributed by atoms with Gasteiger partial charge >= 0.3 is 5.97 Å². The zero-order valence-electron chi connectivity index (χ0n) is 12.1. The van der Waals surface area contributed by atoms with E-state index in [0.29, 0.717) is 5.56 Å². The molecular formula is C19H20O2. The monoisotopic (exact) mass is 280 g/mol. The molecule has 2 rings (SSSR count). The lowest BCUT2D eigenvalue weighted by Crippen LogP contribution is -1.95. The van der Waals surface area contributed by atoms with Gasteiger partial charge in [-0.3, -0.25) is 0 Å². The molecule has 0 atom stereocenters. The van der Waals surface area contributed by atoms with E-state index in [1.165, 1.54) is 18.4 Å². The summed E-state index contributed by atoms with van der Waals surface area (Å²) in [5.74, 6) is -0.892. The number of unbranched alkanes of at least 4 members (excludes halogenated alkanes) is 2.